The highest BCUT2D eigenvalue weighted by Gasteiger charge is 2.49. The molecule has 1 saturated carbocycles. The lowest BCUT2D eigenvalue weighted by molar-refractivity contribution is -0.141. The molecule has 1 N–H and O–H groups in total. The minimum atomic E-state index is -0.880. The molecule has 0 bridgehead atoms. The summed E-state index contributed by atoms with van der Waals surface area (Å²) >= 11 is 0. The molecule has 7 nitrogen and oxygen atoms in total. The van der Waals surface area contributed by atoms with Gasteiger partial charge in [0.1, 0.15) is 5.82 Å². The van der Waals surface area contributed by atoms with E-state index in [1.807, 2.05) is 4.57 Å². The van der Waals surface area contributed by atoms with Gasteiger partial charge >= 0.3 is 5.97 Å². The van der Waals surface area contributed by atoms with Crippen molar-refractivity contribution in [3.8, 4) is 0 Å². The van der Waals surface area contributed by atoms with Crippen LogP contribution < -0.4 is 0 Å². The molecule has 2 heterocycles. The third-order valence-corrected chi connectivity index (χ3v) is 3.87. The van der Waals surface area contributed by atoms with Crippen LogP contribution in [0.5, 0.6) is 0 Å². The second kappa shape index (κ2) is 4.32. The number of fused-ring (bicyclic) bond motifs is 1. The summed E-state index contributed by atoms with van der Waals surface area (Å²) in [5.74, 6) is -0.0815. The number of nitrogens with zero attached hydrogens (tertiary/aromatic N) is 4. The highest BCUT2D eigenvalue weighted by molar-refractivity contribution is 5.89. The third-order valence-electron chi connectivity index (χ3n) is 3.87. The quantitative estimate of drug-likeness (QED) is 0.820. The Hall–Kier alpha value is -1.92. The molecule has 1 aromatic heterocycles. The molecule has 0 aromatic carbocycles. The van der Waals surface area contributed by atoms with E-state index in [2.05, 4.69) is 10.2 Å². The van der Waals surface area contributed by atoms with Crippen molar-refractivity contribution in [2.45, 2.75) is 32.4 Å². The van der Waals surface area contributed by atoms with E-state index >= 15 is 0 Å². The number of aromatic nitrogens is 3. The van der Waals surface area contributed by atoms with E-state index in [4.69, 9.17) is 5.11 Å². The van der Waals surface area contributed by atoms with Crippen molar-refractivity contribution >= 4 is 11.9 Å². The molecule has 19 heavy (non-hydrogen) atoms. The van der Waals surface area contributed by atoms with E-state index < -0.39 is 11.9 Å². The number of hydrogen-bond donors (Lipinski definition) is 1. The summed E-state index contributed by atoms with van der Waals surface area (Å²) in [5, 5.41) is 17.0. The van der Waals surface area contributed by atoms with E-state index in [0.29, 0.717) is 13.0 Å². The number of carbonyl (C=O) groups excluding carboxylic acids is 1. The minimum Gasteiger partial charge on any atom is -0.481 e. The summed E-state index contributed by atoms with van der Waals surface area (Å²) in [7, 11) is 1.69. The normalized spacial score (nSPS) is 24.1. The van der Waals surface area contributed by atoms with Crippen LogP contribution in [-0.4, -0.2) is 43.7 Å². The van der Waals surface area contributed by atoms with Gasteiger partial charge in [-0.15, -0.1) is 10.2 Å². The molecule has 2 unspecified atom stereocenters. The van der Waals surface area contributed by atoms with Crippen LogP contribution in [-0.2, 0) is 29.1 Å². The van der Waals surface area contributed by atoms with Crippen molar-refractivity contribution < 1.29 is 14.7 Å². The monoisotopic (exact) mass is 264 g/mol. The summed E-state index contributed by atoms with van der Waals surface area (Å²) in [4.78, 5) is 24.4. The van der Waals surface area contributed by atoms with Crippen LogP contribution in [0.4, 0.5) is 0 Å². The van der Waals surface area contributed by atoms with Crippen LogP contribution >= 0.6 is 0 Å². The number of amides is 1. The van der Waals surface area contributed by atoms with E-state index in [9.17, 15) is 9.59 Å². The van der Waals surface area contributed by atoms with Gasteiger partial charge in [0.15, 0.2) is 5.82 Å². The Morgan fingerprint density at radius 1 is 1.42 bits per heavy atom. The van der Waals surface area contributed by atoms with Gasteiger partial charge < -0.3 is 14.6 Å². The van der Waals surface area contributed by atoms with Gasteiger partial charge in [0, 0.05) is 20.0 Å². The number of hydrogen-bond acceptors (Lipinski definition) is 4. The molecule has 102 valence electrons. The summed E-state index contributed by atoms with van der Waals surface area (Å²) in [6.45, 7) is 1.30. The predicted octanol–water partition coefficient (Wildman–Crippen LogP) is -0.0966. The van der Waals surface area contributed by atoms with Crippen LogP contribution in [0.15, 0.2) is 0 Å². The van der Waals surface area contributed by atoms with Gasteiger partial charge in [-0.05, 0) is 12.8 Å². The second-order valence-electron chi connectivity index (χ2n) is 5.27. The molecule has 1 amide bonds. The molecule has 0 spiro atoms. The van der Waals surface area contributed by atoms with Crippen molar-refractivity contribution in [3.05, 3.63) is 11.6 Å². The largest absolute Gasteiger partial charge is 0.481 e. The van der Waals surface area contributed by atoms with Gasteiger partial charge in [-0.3, -0.25) is 9.59 Å². The smallest absolute Gasteiger partial charge is 0.307 e. The fourth-order valence-corrected chi connectivity index (χ4v) is 2.64. The molecule has 7 heteroatoms. The Bertz CT molecular complexity index is 539. The Balaban J connectivity index is 1.64. The lowest BCUT2D eigenvalue weighted by Crippen LogP contribution is -2.30. The third kappa shape index (κ3) is 2.09. The molecule has 1 aromatic rings. The zero-order valence-electron chi connectivity index (χ0n) is 10.7. The van der Waals surface area contributed by atoms with Gasteiger partial charge in [-0.1, -0.05) is 0 Å². The van der Waals surface area contributed by atoms with E-state index in [1.54, 1.807) is 11.9 Å². The van der Waals surface area contributed by atoms with Crippen LogP contribution in [0.2, 0.25) is 0 Å². The first-order chi connectivity index (χ1) is 9.08. The van der Waals surface area contributed by atoms with Crippen LogP contribution in [0.3, 0.4) is 0 Å². The first kappa shape index (κ1) is 12.1. The Morgan fingerprint density at radius 2 is 2.21 bits per heavy atom. The van der Waals surface area contributed by atoms with Crippen molar-refractivity contribution in [1.29, 1.82) is 0 Å². The molecule has 2 aliphatic rings. The predicted molar refractivity (Wildman–Crippen MR) is 64.0 cm³/mol. The number of aliphatic carboxylic acids is 1. The molecule has 0 radical (unpaired) electrons. The number of carbonyl (C=O) groups is 2. The van der Waals surface area contributed by atoms with Gasteiger partial charge in [-0.2, -0.15) is 0 Å². The molecule has 1 aliphatic heterocycles. The van der Waals surface area contributed by atoms with Crippen LogP contribution in [0, 0.1) is 11.8 Å². The molecule has 1 aliphatic carbocycles. The first-order valence-electron chi connectivity index (χ1n) is 6.46. The van der Waals surface area contributed by atoms with Gasteiger partial charge in [0.05, 0.1) is 18.4 Å². The standard InChI is InChI=1S/C12H16N4O3/c1-15(11(17)7-5-8(7)12(18)19)6-10-14-13-9-3-2-4-16(9)10/h7-8H,2-6H2,1H3,(H,18,19). The maximum atomic E-state index is 12.1. The van der Waals surface area contributed by atoms with Crippen molar-refractivity contribution in [2.24, 2.45) is 11.8 Å². The maximum absolute atomic E-state index is 12.1. The number of aryl methyl sites for hydroxylation is 1. The summed E-state index contributed by atoms with van der Waals surface area (Å²) in [6.07, 6.45) is 2.46. The lowest BCUT2D eigenvalue weighted by atomic mass is 10.3. The van der Waals surface area contributed by atoms with Crippen LogP contribution in [0.25, 0.3) is 0 Å². The van der Waals surface area contributed by atoms with E-state index in [0.717, 1.165) is 31.0 Å². The van der Waals surface area contributed by atoms with Crippen molar-refractivity contribution in [1.82, 2.24) is 19.7 Å². The Labute approximate surface area is 110 Å². The second-order valence-corrected chi connectivity index (χ2v) is 5.27. The Morgan fingerprint density at radius 3 is 2.89 bits per heavy atom. The van der Waals surface area contributed by atoms with Crippen LogP contribution in [0.1, 0.15) is 24.5 Å². The summed E-state index contributed by atoms with van der Waals surface area (Å²) in [6, 6.07) is 0. The lowest BCUT2D eigenvalue weighted by Gasteiger charge is -2.16. The number of carboxylic acids is 1. The zero-order chi connectivity index (χ0) is 13.6. The van der Waals surface area contributed by atoms with Crippen molar-refractivity contribution in [2.75, 3.05) is 7.05 Å². The molecule has 3 rings (SSSR count). The van der Waals surface area contributed by atoms with Gasteiger partial charge in [0.25, 0.3) is 0 Å². The number of carboxylic acid groups (broad SMARTS) is 1. The molecular formula is C12H16N4O3. The van der Waals surface area contributed by atoms with Gasteiger partial charge in [-0.25, -0.2) is 0 Å². The first-order valence-corrected chi connectivity index (χ1v) is 6.46. The maximum Gasteiger partial charge on any atom is 0.307 e. The summed E-state index contributed by atoms with van der Waals surface area (Å²) in [5.41, 5.74) is 0. The molecular weight excluding hydrogens is 248 g/mol. The average Bonchev–Trinajstić information content (AvgIpc) is 2.90. The van der Waals surface area contributed by atoms with E-state index in [-0.39, 0.29) is 11.8 Å². The molecule has 1 fully saturated rings. The SMILES string of the molecule is CN(Cc1nnc2n1CCC2)C(=O)C1CC1C(=O)O. The Kier molecular flexibility index (Phi) is 2.76. The average molecular weight is 264 g/mol. The van der Waals surface area contributed by atoms with E-state index in [1.165, 1.54) is 0 Å². The highest BCUT2D eigenvalue weighted by atomic mass is 16.4. The fraction of sp³-hybridized carbons (Fsp3) is 0.667. The number of rotatable bonds is 4. The van der Waals surface area contributed by atoms with Gasteiger partial charge in [0.2, 0.25) is 5.91 Å². The fourth-order valence-electron chi connectivity index (χ4n) is 2.64. The highest BCUT2D eigenvalue weighted by Crippen LogP contribution is 2.40. The minimum absolute atomic E-state index is 0.109. The summed E-state index contributed by atoms with van der Waals surface area (Å²) < 4.78 is 2.05. The molecule has 0 saturated heterocycles. The molecule has 2 atom stereocenters. The topological polar surface area (TPSA) is 88.3 Å². The zero-order valence-corrected chi connectivity index (χ0v) is 10.7. The van der Waals surface area contributed by atoms with Crippen molar-refractivity contribution in [3.63, 3.8) is 0 Å².